The van der Waals surface area contributed by atoms with Crippen molar-refractivity contribution >= 4 is 6.03 Å². The van der Waals surface area contributed by atoms with Crippen molar-refractivity contribution in [1.82, 2.24) is 10.2 Å². The lowest BCUT2D eigenvalue weighted by Gasteiger charge is -2.22. The molecular weight excluding hydrogens is 152 g/mol. The summed E-state index contributed by atoms with van der Waals surface area (Å²) in [4.78, 5) is 12.7. The van der Waals surface area contributed by atoms with E-state index in [4.69, 9.17) is 0 Å². The van der Waals surface area contributed by atoms with Gasteiger partial charge < -0.3 is 5.32 Å². The van der Waals surface area contributed by atoms with E-state index < -0.39 is 0 Å². The average Bonchev–Trinajstić information content (AvgIpc) is 2.08. The Labute approximate surface area is 72.1 Å². The largest absolute Gasteiger partial charge is 0.340 e. The van der Waals surface area contributed by atoms with Crippen LogP contribution in [0.4, 0.5) is 4.79 Å². The number of rotatable bonds is 0. The number of hydrogen-bond donors (Lipinski definition) is 1. The SMILES string of the molecule is C=C1C(C)=CC=CN1C(=O)NC. The Balaban J connectivity index is 2.84. The molecule has 1 aliphatic rings. The summed E-state index contributed by atoms with van der Waals surface area (Å²) in [7, 11) is 1.59. The van der Waals surface area contributed by atoms with E-state index in [1.807, 2.05) is 19.1 Å². The van der Waals surface area contributed by atoms with Crippen molar-refractivity contribution in [2.45, 2.75) is 6.92 Å². The van der Waals surface area contributed by atoms with Crippen molar-refractivity contribution in [2.75, 3.05) is 7.05 Å². The molecule has 1 aliphatic heterocycles. The average molecular weight is 164 g/mol. The van der Waals surface area contributed by atoms with Gasteiger partial charge in [0.2, 0.25) is 0 Å². The van der Waals surface area contributed by atoms with Crippen molar-refractivity contribution in [1.29, 1.82) is 0 Å². The van der Waals surface area contributed by atoms with E-state index in [1.54, 1.807) is 13.2 Å². The summed E-state index contributed by atoms with van der Waals surface area (Å²) in [5.41, 5.74) is 1.72. The highest BCUT2D eigenvalue weighted by molar-refractivity contribution is 5.78. The van der Waals surface area contributed by atoms with E-state index in [9.17, 15) is 4.79 Å². The fourth-order valence-electron chi connectivity index (χ4n) is 0.960. The van der Waals surface area contributed by atoms with Crippen molar-refractivity contribution < 1.29 is 4.79 Å². The third-order valence-corrected chi connectivity index (χ3v) is 1.76. The Morgan fingerprint density at radius 1 is 1.67 bits per heavy atom. The normalized spacial score (nSPS) is 16.0. The summed E-state index contributed by atoms with van der Waals surface area (Å²) in [6.07, 6.45) is 5.43. The van der Waals surface area contributed by atoms with E-state index in [1.165, 1.54) is 4.90 Å². The quantitative estimate of drug-likeness (QED) is 0.579. The lowest BCUT2D eigenvalue weighted by atomic mass is 10.1. The van der Waals surface area contributed by atoms with E-state index in [0.29, 0.717) is 0 Å². The Kier molecular flexibility index (Phi) is 2.33. The maximum atomic E-state index is 11.2. The first kappa shape index (κ1) is 8.59. The predicted molar refractivity (Wildman–Crippen MR) is 48.3 cm³/mol. The number of carbonyl (C=O) groups excluding carboxylic acids is 1. The van der Waals surface area contributed by atoms with Crippen LogP contribution >= 0.6 is 0 Å². The van der Waals surface area contributed by atoms with Crippen LogP contribution in [0.2, 0.25) is 0 Å². The number of nitrogens with zero attached hydrogens (tertiary/aromatic N) is 1. The van der Waals surface area contributed by atoms with Gasteiger partial charge in [-0.3, -0.25) is 4.90 Å². The Hall–Kier alpha value is -1.51. The van der Waals surface area contributed by atoms with E-state index in [0.717, 1.165) is 11.3 Å². The molecule has 0 aliphatic carbocycles. The summed E-state index contributed by atoms with van der Waals surface area (Å²) in [5.74, 6) is 0. The van der Waals surface area contributed by atoms with Gasteiger partial charge in [0.25, 0.3) is 0 Å². The smallest absolute Gasteiger partial charge is 0.325 e. The van der Waals surface area contributed by atoms with Crippen LogP contribution in [0.1, 0.15) is 6.92 Å². The lowest BCUT2D eigenvalue weighted by Crippen LogP contribution is -2.34. The van der Waals surface area contributed by atoms with E-state index in [-0.39, 0.29) is 6.03 Å². The standard InChI is InChI=1S/C9H12N2O/c1-7-5-4-6-11(8(7)2)9(12)10-3/h4-6H,2H2,1,3H3,(H,10,12). The topological polar surface area (TPSA) is 32.3 Å². The summed E-state index contributed by atoms with van der Waals surface area (Å²) < 4.78 is 0. The van der Waals surface area contributed by atoms with Crippen LogP contribution in [0.15, 0.2) is 36.2 Å². The number of urea groups is 1. The highest BCUT2D eigenvalue weighted by atomic mass is 16.2. The van der Waals surface area contributed by atoms with Crippen LogP contribution in [0.3, 0.4) is 0 Å². The molecular formula is C9H12N2O. The second kappa shape index (κ2) is 3.26. The van der Waals surface area contributed by atoms with Crippen molar-refractivity contribution in [3.8, 4) is 0 Å². The number of carbonyl (C=O) groups is 1. The van der Waals surface area contributed by atoms with Crippen molar-refractivity contribution in [2.24, 2.45) is 0 Å². The minimum absolute atomic E-state index is 0.163. The molecule has 0 radical (unpaired) electrons. The molecule has 12 heavy (non-hydrogen) atoms. The molecule has 0 unspecified atom stereocenters. The molecule has 1 heterocycles. The molecule has 3 nitrogen and oxygen atoms in total. The summed E-state index contributed by atoms with van der Waals surface area (Å²) in [6, 6.07) is -0.163. The van der Waals surface area contributed by atoms with Gasteiger partial charge in [0.15, 0.2) is 0 Å². The van der Waals surface area contributed by atoms with Crippen LogP contribution in [0.25, 0.3) is 0 Å². The third kappa shape index (κ3) is 1.39. The second-order valence-electron chi connectivity index (χ2n) is 2.56. The van der Waals surface area contributed by atoms with Crippen LogP contribution < -0.4 is 5.32 Å². The van der Waals surface area contributed by atoms with Gasteiger partial charge in [0.05, 0.1) is 0 Å². The number of amides is 2. The zero-order valence-corrected chi connectivity index (χ0v) is 7.29. The number of hydrogen-bond acceptors (Lipinski definition) is 1. The van der Waals surface area contributed by atoms with Gasteiger partial charge in [-0.25, -0.2) is 4.79 Å². The first-order valence-corrected chi connectivity index (χ1v) is 3.72. The van der Waals surface area contributed by atoms with Crippen LogP contribution in [-0.4, -0.2) is 18.0 Å². The molecule has 0 aromatic rings. The third-order valence-electron chi connectivity index (χ3n) is 1.76. The molecule has 0 atom stereocenters. The van der Waals surface area contributed by atoms with E-state index in [2.05, 4.69) is 11.9 Å². The predicted octanol–water partition coefficient (Wildman–Crippen LogP) is 1.62. The van der Waals surface area contributed by atoms with Crippen LogP contribution in [0.5, 0.6) is 0 Å². The Morgan fingerprint density at radius 2 is 2.33 bits per heavy atom. The molecule has 3 heteroatoms. The lowest BCUT2D eigenvalue weighted by molar-refractivity contribution is 0.226. The molecule has 1 N–H and O–H groups in total. The maximum Gasteiger partial charge on any atom is 0.325 e. The van der Waals surface area contributed by atoms with Gasteiger partial charge in [0.1, 0.15) is 0 Å². The monoisotopic (exact) mass is 164 g/mol. The van der Waals surface area contributed by atoms with Gasteiger partial charge in [-0.05, 0) is 18.6 Å². The van der Waals surface area contributed by atoms with Gasteiger partial charge in [-0.2, -0.15) is 0 Å². The van der Waals surface area contributed by atoms with Gasteiger partial charge >= 0.3 is 6.03 Å². The molecule has 2 amide bonds. The molecule has 0 saturated carbocycles. The number of nitrogens with one attached hydrogen (secondary N) is 1. The summed E-state index contributed by atoms with van der Waals surface area (Å²) >= 11 is 0. The Morgan fingerprint density at radius 3 is 2.92 bits per heavy atom. The van der Waals surface area contributed by atoms with Gasteiger partial charge in [-0.15, -0.1) is 0 Å². The second-order valence-corrected chi connectivity index (χ2v) is 2.56. The first-order chi connectivity index (χ1) is 5.66. The van der Waals surface area contributed by atoms with Crippen molar-refractivity contribution in [3.63, 3.8) is 0 Å². The fourth-order valence-corrected chi connectivity index (χ4v) is 0.960. The summed E-state index contributed by atoms with van der Waals surface area (Å²) in [6.45, 7) is 5.71. The molecule has 0 spiro atoms. The molecule has 0 fully saturated rings. The van der Waals surface area contributed by atoms with Crippen molar-refractivity contribution in [3.05, 3.63) is 36.2 Å². The minimum Gasteiger partial charge on any atom is -0.340 e. The fraction of sp³-hybridized carbons (Fsp3) is 0.222. The highest BCUT2D eigenvalue weighted by Gasteiger charge is 2.14. The summed E-state index contributed by atoms with van der Waals surface area (Å²) in [5, 5.41) is 2.53. The molecule has 0 saturated heterocycles. The minimum atomic E-state index is -0.163. The molecule has 0 aromatic carbocycles. The van der Waals surface area contributed by atoms with Gasteiger partial charge in [-0.1, -0.05) is 12.7 Å². The maximum absolute atomic E-state index is 11.2. The molecule has 0 aromatic heterocycles. The van der Waals surface area contributed by atoms with Gasteiger partial charge in [0, 0.05) is 18.9 Å². The Bertz CT molecular complexity index is 276. The van der Waals surface area contributed by atoms with Crippen LogP contribution in [0, 0.1) is 0 Å². The molecule has 1 rings (SSSR count). The number of allylic oxidation sites excluding steroid dienone is 3. The zero-order valence-electron chi connectivity index (χ0n) is 7.29. The molecule has 0 bridgehead atoms. The molecule has 64 valence electrons. The van der Waals surface area contributed by atoms with E-state index >= 15 is 0 Å². The first-order valence-electron chi connectivity index (χ1n) is 3.72. The van der Waals surface area contributed by atoms with Crippen LogP contribution in [-0.2, 0) is 0 Å². The highest BCUT2D eigenvalue weighted by Crippen LogP contribution is 2.17. The zero-order chi connectivity index (χ0) is 9.14.